The lowest BCUT2D eigenvalue weighted by Gasteiger charge is -2.22. The molecule has 0 heterocycles. The molecule has 7 heteroatoms. The lowest BCUT2D eigenvalue weighted by molar-refractivity contribution is -0.121. The molecule has 2 N–H and O–H groups in total. The average Bonchev–Trinajstić information content (AvgIpc) is 2.60. The van der Waals surface area contributed by atoms with Crippen LogP contribution in [0.4, 0.5) is 0 Å². The summed E-state index contributed by atoms with van der Waals surface area (Å²) >= 11 is 2.06. The fraction of sp³-hybridized carbons (Fsp3) is 0.529. The van der Waals surface area contributed by atoms with E-state index < -0.39 is 0 Å². The first-order chi connectivity index (χ1) is 11.5. The van der Waals surface area contributed by atoms with Crippen LogP contribution in [0.25, 0.3) is 0 Å². The minimum absolute atomic E-state index is 0.0280. The quantitative estimate of drug-likeness (QED) is 0.659. The highest BCUT2D eigenvalue weighted by Crippen LogP contribution is 2.31. The lowest BCUT2D eigenvalue weighted by atomic mass is 9.95. The Hall–Kier alpha value is -1.51. The van der Waals surface area contributed by atoms with E-state index in [2.05, 4.69) is 33.2 Å². The summed E-state index contributed by atoms with van der Waals surface area (Å²) in [5.41, 5.74) is 0.457. The first kappa shape index (κ1) is 18.8. The molecule has 0 radical (unpaired) electrons. The summed E-state index contributed by atoms with van der Waals surface area (Å²) < 4.78 is 11.2. The van der Waals surface area contributed by atoms with Crippen LogP contribution >= 0.6 is 22.6 Å². The highest BCUT2D eigenvalue weighted by molar-refractivity contribution is 14.1. The Morgan fingerprint density at radius 3 is 2.38 bits per heavy atom. The molecule has 1 fully saturated rings. The van der Waals surface area contributed by atoms with Gasteiger partial charge in [0.1, 0.15) is 0 Å². The molecule has 1 saturated carbocycles. The van der Waals surface area contributed by atoms with Crippen molar-refractivity contribution >= 4 is 34.4 Å². The fourth-order valence-corrected chi connectivity index (χ4v) is 3.49. The van der Waals surface area contributed by atoms with Crippen molar-refractivity contribution in [3.63, 3.8) is 0 Å². The molecule has 0 aliphatic heterocycles. The molecule has 132 valence electrons. The molecule has 0 unspecified atom stereocenters. The molecule has 2 amide bonds. The van der Waals surface area contributed by atoms with Crippen molar-refractivity contribution in [1.29, 1.82) is 0 Å². The number of nitrogens with one attached hydrogen (secondary N) is 2. The van der Waals surface area contributed by atoms with Crippen molar-refractivity contribution in [2.45, 2.75) is 38.1 Å². The van der Waals surface area contributed by atoms with Gasteiger partial charge in [0.05, 0.1) is 26.3 Å². The third kappa shape index (κ3) is 4.99. The highest BCUT2D eigenvalue weighted by Gasteiger charge is 2.18. The van der Waals surface area contributed by atoms with E-state index in [-0.39, 0.29) is 24.4 Å². The predicted molar refractivity (Wildman–Crippen MR) is 99.6 cm³/mol. The Kier molecular flexibility index (Phi) is 7.14. The second-order valence-electron chi connectivity index (χ2n) is 5.77. The monoisotopic (exact) mass is 446 g/mol. The van der Waals surface area contributed by atoms with E-state index in [4.69, 9.17) is 9.47 Å². The minimum atomic E-state index is -0.306. The number of ether oxygens (including phenoxy) is 2. The molecule has 2 rings (SSSR count). The van der Waals surface area contributed by atoms with E-state index in [9.17, 15) is 9.59 Å². The van der Waals surface area contributed by atoms with E-state index in [0.717, 1.165) is 29.3 Å². The van der Waals surface area contributed by atoms with E-state index in [1.54, 1.807) is 19.2 Å². The van der Waals surface area contributed by atoms with E-state index in [0.29, 0.717) is 17.1 Å². The summed E-state index contributed by atoms with van der Waals surface area (Å²) in [4.78, 5) is 24.3. The largest absolute Gasteiger partial charge is 0.493 e. The van der Waals surface area contributed by atoms with Crippen LogP contribution in [0.3, 0.4) is 0 Å². The van der Waals surface area contributed by atoms with E-state index >= 15 is 0 Å². The normalized spacial score (nSPS) is 14.8. The SMILES string of the molecule is COc1cc(I)c(C(=O)NCC(=O)NC2CCCCC2)cc1OC. The molecule has 0 spiro atoms. The van der Waals surface area contributed by atoms with Gasteiger partial charge in [-0.05, 0) is 47.6 Å². The van der Waals surface area contributed by atoms with Crippen LogP contribution in [0.2, 0.25) is 0 Å². The minimum Gasteiger partial charge on any atom is -0.493 e. The predicted octanol–water partition coefficient (Wildman–Crippen LogP) is 2.49. The van der Waals surface area contributed by atoms with Crippen LogP contribution in [0.5, 0.6) is 11.5 Å². The van der Waals surface area contributed by atoms with Crippen molar-refractivity contribution < 1.29 is 19.1 Å². The molecule has 0 aromatic heterocycles. The van der Waals surface area contributed by atoms with Crippen molar-refractivity contribution in [2.24, 2.45) is 0 Å². The lowest BCUT2D eigenvalue weighted by Crippen LogP contribution is -2.42. The van der Waals surface area contributed by atoms with Crippen LogP contribution < -0.4 is 20.1 Å². The average molecular weight is 446 g/mol. The Morgan fingerprint density at radius 2 is 1.75 bits per heavy atom. The molecular formula is C17H23IN2O4. The van der Waals surface area contributed by atoms with E-state index in [1.165, 1.54) is 13.5 Å². The second kappa shape index (κ2) is 9.10. The molecule has 0 saturated heterocycles. The number of hydrogen-bond acceptors (Lipinski definition) is 4. The number of carbonyl (C=O) groups excluding carboxylic acids is 2. The summed E-state index contributed by atoms with van der Waals surface area (Å²) in [5, 5.41) is 5.65. The molecule has 1 aromatic rings. The Morgan fingerprint density at radius 1 is 1.12 bits per heavy atom. The van der Waals surface area contributed by atoms with Crippen LogP contribution in [-0.4, -0.2) is 38.6 Å². The van der Waals surface area contributed by atoms with Gasteiger partial charge in [0, 0.05) is 9.61 Å². The first-order valence-electron chi connectivity index (χ1n) is 8.04. The summed E-state index contributed by atoms with van der Waals surface area (Å²) in [6.07, 6.45) is 5.59. The van der Waals surface area contributed by atoms with Crippen LogP contribution in [0.15, 0.2) is 12.1 Å². The standard InChI is InChI=1S/C17H23IN2O4/c1-23-14-8-12(13(18)9-15(14)24-2)17(22)19-10-16(21)20-11-6-4-3-5-7-11/h8-9,11H,3-7,10H2,1-2H3,(H,19,22)(H,20,21). The number of methoxy groups -OCH3 is 2. The number of carbonyl (C=O) groups is 2. The Labute approximate surface area is 155 Å². The van der Waals surface area contributed by atoms with Gasteiger partial charge in [-0.3, -0.25) is 9.59 Å². The second-order valence-corrected chi connectivity index (χ2v) is 6.93. The zero-order valence-corrected chi connectivity index (χ0v) is 16.1. The van der Waals surface area contributed by atoms with Gasteiger partial charge in [-0.25, -0.2) is 0 Å². The van der Waals surface area contributed by atoms with Crippen molar-refractivity contribution in [3.05, 3.63) is 21.3 Å². The van der Waals surface area contributed by atoms with Crippen molar-refractivity contribution in [2.75, 3.05) is 20.8 Å². The number of hydrogen-bond donors (Lipinski definition) is 2. The topological polar surface area (TPSA) is 76.7 Å². The van der Waals surface area contributed by atoms with Gasteiger partial charge < -0.3 is 20.1 Å². The Balaban J connectivity index is 1.93. The van der Waals surface area contributed by atoms with E-state index in [1.807, 2.05) is 0 Å². The number of benzene rings is 1. The van der Waals surface area contributed by atoms with Crippen LogP contribution in [-0.2, 0) is 4.79 Å². The van der Waals surface area contributed by atoms with Gasteiger partial charge in [0.2, 0.25) is 5.91 Å². The van der Waals surface area contributed by atoms with Gasteiger partial charge >= 0.3 is 0 Å². The Bertz CT molecular complexity index is 600. The van der Waals surface area contributed by atoms with Crippen LogP contribution in [0.1, 0.15) is 42.5 Å². The van der Waals surface area contributed by atoms with Crippen molar-refractivity contribution in [1.82, 2.24) is 10.6 Å². The maximum Gasteiger partial charge on any atom is 0.252 e. The maximum atomic E-state index is 12.3. The maximum absolute atomic E-state index is 12.3. The molecule has 1 aromatic carbocycles. The van der Waals surface area contributed by atoms with Gasteiger partial charge in [-0.2, -0.15) is 0 Å². The van der Waals surface area contributed by atoms with Gasteiger partial charge in [0.25, 0.3) is 5.91 Å². The fourth-order valence-electron chi connectivity index (χ4n) is 2.81. The number of halogens is 1. The smallest absolute Gasteiger partial charge is 0.252 e. The zero-order valence-electron chi connectivity index (χ0n) is 14.0. The molecule has 0 bridgehead atoms. The molecular weight excluding hydrogens is 423 g/mol. The summed E-state index contributed by atoms with van der Waals surface area (Å²) in [7, 11) is 3.06. The summed E-state index contributed by atoms with van der Waals surface area (Å²) in [6.45, 7) is -0.0280. The number of amides is 2. The van der Waals surface area contributed by atoms with Gasteiger partial charge in [0.15, 0.2) is 11.5 Å². The summed E-state index contributed by atoms with van der Waals surface area (Å²) in [6, 6.07) is 3.59. The van der Waals surface area contributed by atoms with Gasteiger partial charge in [-0.1, -0.05) is 19.3 Å². The molecule has 1 aliphatic carbocycles. The van der Waals surface area contributed by atoms with Gasteiger partial charge in [-0.15, -0.1) is 0 Å². The highest BCUT2D eigenvalue weighted by atomic mass is 127. The third-order valence-corrected chi connectivity index (χ3v) is 4.99. The third-order valence-electron chi connectivity index (χ3n) is 4.10. The molecule has 0 atom stereocenters. The number of rotatable bonds is 6. The molecule has 24 heavy (non-hydrogen) atoms. The summed E-state index contributed by atoms with van der Waals surface area (Å²) in [5.74, 6) is 0.591. The van der Waals surface area contributed by atoms with Crippen molar-refractivity contribution in [3.8, 4) is 11.5 Å². The zero-order chi connectivity index (χ0) is 17.5. The van der Waals surface area contributed by atoms with Crippen LogP contribution in [0, 0.1) is 3.57 Å². The first-order valence-corrected chi connectivity index (χ1v) is 9.12. The molecule has 1 aliphatic rings. The molecule has 6 nitrogen and oxygen atoms in total.